The van der Waals surface area contributed by atoms with Crippen molar-refractivity contribution in [3.8, 4) is 5.75 Å². The van der Waals surface area contributed by atoms with Crippen LogP contribution in [0.3, 0.4) is 0 Å². The summed E-state index contributed by atoms with van der Waals surface area (Å²) in [5, 5.41) is 11.3. The molecular formula is C29H30FN5O4. The molecule has 1 N–H and O–H groups in total. The standard InChI is InChI=1S/C29H30FN5O4/c1-38-23-14-10-21(11-15-23)28(29(37)31-17-24-5-4-16-39-24)34(18-20-8-12-22(30)13-9-20)27(36)19-35-26-7-3-2-6-25(26)32-33-35/h2-3,6-15,24,28H,4-5,16-19H2,1H3,(H,31,37)/t24-,28-/m0/s1. The van der Waals surface area contributed by atoms with E-state index in [-0.39, 0.29) is 36.8 Å². The Morgan fingerprint density at radius 1 is 1.13 bits per heavy atom. The van der Waals surface area contributed by atoms with Gasteiger partial charge < -0.3 is 19.7 Å². The lowest BCUT2D eigenvalue weighted by Gasteiger charge is -2.32. The van der Waals surface area contributed by atoms with Gasteiger partial charge in [-0.1, -0.05) is 41.6 Å². The number of benzene rings is 3. The highest BCUT2D eigenvalue weighted by molar-refractivity contribution is 5.89. The molecule has 5 rings (SSSR count). The van der Waals surface area contributed by atoms with E-state index in [1.54, 1.807) is 43.5 Å². The van der Waals surface area contributed by atoms with Crippen molar-refractivity contribution in [1.29, 1.82) is 0 Å². The summed E-state index contributed by atoms with van der Waals surface area (Å²) < 4.78 is 26.2. The van der Waals surface area contributed by atoms with Crippen molar-refractivity contribution in [3.05, 3.63) is 89.7 Å². The van der Waals surface area contributed by atoms with Crippen molar-refractivity contribution >= 4 is 22.8 Å². The average molecular weight is 532 g/mol. The van der Waals surface area contributed by atoms with Crippen LogP contribution in [0.1, 0.15) is 30.0 Å². The van der Waals surface area contributed by atoms with E-state index in [2.05, 4.69) is 15.6 Å². The number of carbonyl (C=O) groups excluding carboxylic acids is 2. The monoisotopic (exact) mass is 531 g/mol. The lowest BCUT2D eigenvalue weighted by molar-refractivity contribution is -0.142. The molecule has 0 spiro atoms. The van der Waals surface area contributed by atoms with Crippen LogP contribution < -0.4 is 10.1 Å². The Kier molecular flexibility index (Phi) is 8.12. The minimum absolute atomic E-state index is 0.0618. The van der Waals surface area contributed by atoms with E-state index in [1.165, 1.54) is 21.7 Å². The molecule has 1 saturated heterocycles. The molecule has 1 aliphatic heterocycles. The number of amides is 2. The molecule has 202 valence electrons. The maximum absolute atomic E-state index is 14.0. The normalized spacial score (nSPS) is 15.7. The quantitative estimate of drug-likeness (QED) is 0.336. The summed E-state index contributed by atoms with van der Waals surface area (Å²) in [6.07, 6.45) is 1.75. The number of carbonyl (C=O) groups is 2. The second kappa shape index (κ2) is 12.0. The summed E-state index contributed by atoms with van der Waals surface area (Å²) in [7, 11) is 1.56. The highest BCUT2D eigenvalue weighted by Gasteiger charge is 2.33. The summed E-state index contributed by atoms with van der Waals surface area (Å²) in [4.78, 5) is 29.2. The molecule has 2 amide bonds. The van der Waals surface area contributed by atoms with Crippen molar-refractivity contribution in [3.63, 3.8) is 0 Å². The molecule has 0 unspecified atom stereocenters. The zero-order valence-electron chi connectivity index (χ0n) is 21.6. The molecule has 9 nitrogen and oxygen atoms in total. The fourth-order valence-corrected chi connectivity index (χ4v) is 4.74. The number of hydrogen-bond acceptors (Lipinski definition) is 6. The lowest BCUT2D eigenvalue weighted by atomic mass is 10.0. The smallest absolute Gasteiger partial charge is 0.247 e. The molecular weight excluding hydrogens is 501 g/mol. The Labute approximate surface area is 225 Å². The summed E-state index contributed by atoms with van der Waals surface area (Å²) in [6.45, 7) is 0.963. The maximum atomic E-state index is 14.0. The van der Waals surface area contributed by atoms with Crippen molar-refractivity contribution in [2.24, 2.45) is 0 Å². The first-order valence-corrected chi connectivity index (χ1v) is 12.9. The molecule has 0 aliphatic carbocycles. The molecule has 4 aromatic rings. The Morgan fingerprint density at radius 3 is 2.62 bits per heavy atom. The SMILES string of the molecule is COc1ccc([C@@H](C(=O)NC[C@@H]2CCCO2)N(Cc2ccc(F)cc2)C(=O)Cn2nnc3ccccc32)cc1. The van der Waals surface area contributed by atoms with E-state index in [0.717, 1.165) is 12.8 Å². The Hall–Kier alpha value is -4.31. The van der Waals surface area contributed by atoms with Gasteiger partial charge in [0, 0.05) is 19.7 Å². The number of nitrogens with zero attached hydrogens (tertiary/aromatic N) is 4. The van der Waals surface area contributed by atoms with Gasteiger partial charge in [-0.3, -0.25) is 9.59 Å². The average Bonchev–Trinajstić information content (AvgIpc) is 3.63. The number of fused-ring (bicyclic) bond motifs is 1. The second-order valence-corrected chi connectivity index (χ2v) is 9.44. The summed E-state index contributed by atoms with van der Waals surface area (Å²) in [5.74, 6) is -0.438. The van der Waals surface area contributed by atoms with Gasteiger partial charge in [0.25, 0.3) is 0 Å². The molecule has 3 aromatic carbocycles. The van der Waals surface area contributed by atoms with Crippen LogP contribution in [0.15, 0.2) is 72.8 Å². The van der Waals surface area contributed by atoms with Gasteiger partial charge >= 0.3 is 0 Å². The molecule has 2 atom stereocenters. The second-order valence-electron chi connectivity index (χ2n) is 9.44. The Balaban J connectivity index is 1.49. The predicted molar refractivity (Wildman–Crippen MR) is 142 cm³/mol. The number of para-hydroxylation sites is 1. The Bertz CT molecular complexity index is 1420. The van der Waals surface area contributed by atoms with Gasteiger partial charge in [-0.15, -0.1) is 5.10 Å². The first-order valence-electron chi connectivity index (χ1n) is 12.9. The van der Waals surface area contributed by atoms with Crippen LogP contribution in [-0.4, -0.2) is 58.1 Å². The number of nitrogens with one attached hydrogen (secondary N) is 1. The minimum atomic E-state index is -0.968. The van der Waals surface area contributed by atoms with Crippen LogP contribution >= 0.6 is 0 Å². The molecule has 1 aliphatic rings. The van der Waals surface area contributed by atoms with Gasteiger partial charge in [0.2, 0.25) is 11.8 Å². The molecule has 0 radical (unpaired) electrons. The van der Waals surface area contributed by atoms with Gasteiger partial charge in [0.05, 0.1) is 18.7 Å². The van der Waals surface area contributed by atoms with Crippen molar-refractivity contribution in [2.75, 3.05) is 20.3 Å². The zero-order valence-corrected chi connectivity index (χ0v) is 21.6. The number of methoxy groups -OCH3 is 1. The topological polar surface area (TPSA) is 98.6 Å². The van der Waals surface area contributed by atoms with E-state index in [1.807, 2.05) is 24.3 Å². The van der Waals surface area contributed by atoms with E-state index in [9.17, 15) is 14.0 Å². The first kappa shape index (κ1) is 26.3. The maximum Gasteiger partial charge on any atom is 0.247 e. The van der Waals surface area contributed by atoms with Crippen molar-refractivity contribution < 1.29 is 23.5 Å². The number of aromatic nitrogens is 3. The molecule has 10 heteroatoms. The third-order valence-corrected chi connectivity index (χ3v) is 6.81. The first-order chi connectivity index (χ1) is 19.0. The van der Waals surface area contributed by atoms with Crippen LogP contribution in [0.2, 0.25) is 0 Å². The van der Waals surface area contributed by atoms with Gasteiger partial charge in [0.1, 0.15) is 29.7 Å². The number of halogens is 1. The molecule has 1 fully saturated rings. The van der Waals surface area contributed by atoms with Crippen molar-refractivity contribution in [2.45, 2.75) is 38.1 Å². The van der Waals surface area contributed by atoms with E-state index >= 15 is 0 Å². The fraction of sp³-hybridized carbons (Fsp3) is 0.310. The summed E-state index contributed by atoms with van der Waals surface area (Å²) in [5.41, 5.74) is 2.66. The van der Waals surface area contributed by atoms with E-state index in [0.29, 0.717) is 41.1 Å². The highest BCUT2D eigenvalue weighted by Crippen LogP contribution is 2.27. The molecule has 0 bridgehead atoms. The van der Waals surface area contributed by atoms with Gasteiger partial charge in [-0.05, 0) is 60.4 Å². The van der Waals surface area contributed by atoms with Gasteiger partial charge in [-0.2, -0.15) is 0 Å². The molecule has 1 aromatic heterocycles. The third-order valence-electron chi connectivity index (χ3n) is 6.81. The van der Waals surface area contributed by atoms with Crippen LogP contribution in [0.5, 0.6) is 5.75 Å². The van der Waals surface area contributed by atoms with Gasteiger partial charge in [0.15, 0.2) is 0 Å². The van der Waals surface area contributed by atoms with E-state index in [4.69, 9.17) is 9.47 Å². The molecule has 2 heterocycles. The largest absolute Gasteiger partial charge is 0.497 e. The summed E-state index contributed by atoms with van der Waals surface area (Å²) >= 11 is 0. The fourth-order valence-electron chi connectivity index (χ4n) is 4.74. The third kappa shape index (κ3) is 6.23. The molecule has 39 heavy (non-hydrogen) atoms. The highest BCUT2D eigenvalue weighted by atomic mass is 19.1. The summed E-state index contributed by atoms with van der Waals surface area (Å²) in [6, 6.07) is 19.3. The van der Waals surface area contributed by atoms with Crippen LogP contribution in [0.25, 0.3) is 11.0 Å². The number of hydrogen-bond donors (Lipinski definition) is 1. The van der Waals surface area contributed by atoms with Crippen LogP contribution in [0.4, 0.5) is 4.39 Å². The lowest BCUT2D eigenvalue weighted by Crippen LogP contribution is -2.46. The molecule has 0 saturated carbocycles. The number of rotatable bonds is 10. The minimum Gasteiger partial charge on any atom is -0.497 e. The van der Waals surface area contributed by atoms with Crippen LogP contribution in [-0.2, 0) is 27.4 Å². The van der Waals surface area contributed by atoms with Crippen LogP contribution in [0, 0.1) is 5.82 Å². The van der Waals surface area contributed by atoms with Crippen molar-refractivity contribution in [1.82, 2.24) is 25.2 Å². The Morgan fingerprint density at radius 2 is 1.90 bits per heavy atom. The number of ether oxygens (including phenoxy) is 2. The van der Waals surface area contributed by atoms with Gasteiger partial charge in [-0.25, -0.2) is 9.07 Å². The zero-order chi connectivity index (χ0) is 27.2. The predicted octanol–water partition coefficient (Wildman–Crippen LogP) is 3.64. The van der Waals surface area contributed by atoms with E-state index < -0.39 is 6.04 Å².